The minimum Gasteiger partial charge on any atom is -0.425 e. The van der Waals surface area contributed by atoms with E-state index in [1.165, 1.54) is 24.3 Å². The first-order valence-corrected chi connectivity index (χ1v) is 9.10. The zero-order valence-electron chi connectivity index (χ0n) is 13.0. The van der Waals surface area contributed by atoms with Crippen molar-refractivity contribution >= 4 is 16.1 Å². The molecule has 0 saturated heterocycles. The molecule has 0 aliphatic rings. The molecular weight excluding hydrogens is 316 g/mol. The van der Waals surface area contributed by atoms with Gasteiger partial charge in [-0.1, -0.05) is 37.8 Å². The standard InChI is InChI=1S/C17H22O5S/c1-2-3-4-5-6-7-8-9-14-17(18)22-15-12-10-11-13-16(15)23(19,20)21/h1,10-13H,3-9,14H2,(H,19,20,21). The summed E-state index contributed by atoms with van der Waals surface area (Å²) < 4.78 is 36.5. The Balaban J connectivity index is 2.32. The number of esters is 1. The molecule has 0 aliphatic heterocycles. The fourth-order valence-electron chi connectivity index (χ4n) is 2.12. The van der Waals surface area contributed by atoms with Crippen LogP contribution in [0.4, 0.5) is 0 Å². The Hall–Kier alpha value is -1.84. The highest BCUT2D eigenvalue weighted by Crippen LogP contribution is 2.23. The molecule has 5 nitrogen and oxygen atoms in total. The number of benzene rings is 1. The number of carbonyl (C=O) groups is 1. The summed E-state index contributed by atoms with van der Waals surface area (Å²) in [6.07, 6.45) is 12.0. The lowest BCUT2D eigenvalue weighted by molar-refractivity contribution is -0.134. The molecule has 0 heterocycles. The van der Waals surface area contributed by atoms with E-state index in [9.17, 15) is 13.2 Å². The van der Waals surface area contributed by atoms with Crippen molar-refractivity contribution in [3.8, 4) is 18.1 Å². The minimum atomic E-state index is -4.41. The summed E-state index contributed by atoms with van der Waals surface area (Å²) in [5, 5.41) is 0. The molecule has 1 rings (SSSR count). The number of para-hydroxylation sites is 1. The van der Waals surface area contributed by atoms with Gasteiger partial charge in [0.25, 0.3) is 10.1 Å². The number of terminal acetylenes is 1. The molecule has 1 N–H and O–H groups in total. The zero-order valence-corrected chi connectivity index (χ0v) is 13.8. The highest BCUT2D eigenvalue weighted by molar-refractivity contribution is 7.86. The summed E-state index contributed by atoms with van der Waals surface area (Å²) in [4.78, 5) is 11.3. The Bertz CT molecular complexity index is 643. The predicted molar refractivity (Wildman–Crippen MR) is 87.7 cm³/mol. The number of hydrogen-bond donors (Lipinski definition) is 1. The van der Waals surface area contributed by atoms with Crippen LogP contribution in [0.1, 0.15) is 51.4 Å². The Morgan fingerprint density at radius 2 is 1.70 bits per heavy atom. The van der Waals surface area contributed by atoms with Gasteiger partial charge in [0.15, 0.2) is 5.75 Å². The molecule has 0 bridgehead atoms. The van der Waals surface area contributed by atoms with Crippen LogP contribution < -0.4 is 4.74 Å². The van der Waals surface area contributed by atoms with Crippen molar-refractivity contribution in [3.05, 3.63) is 24.3 Å². The molecule has 1 aromatic rings. The van der Waals surface area contributed by atoms with Crippen molar-refractivity contribution < 1.29 is 22.5 Å². The van der Waals surface area contributed by atoms with Crippen LogP contribution in [0, 0.1) is 12.3 Å². The second-order valence-corrected chi connectivity index (χ2v) is 6.61. The van der Waals surface area contributed by atoms with Gasteiger partial charge in [-0.2, -0.15) is 8.42 Å². The number of hydrogen-bond acceptors (Lipinski definition) is 4. The fourth-order valence-corrected chi connectivity index (χ4v) is 2.74. The average molecular weight is 338 g/mol. The molecule has 0 amide bonds. The van der Waals surface area contributed by atoms with Gasteiger partial charge in [0, 0.05) is 12.8 Å². The van der Waals surface area contributed by atoms with E-state index in [0.717, 1.165) is 38.5 Å². The van der Waals surface area contributed by atoms with Gasteiger partial charge in [0.05, 0.1) is 0 Å². The van der Waals surface area contributed by atoms with Crippen LogP contribution in [0.5, 0.6) is 5.75 Å². The van der Waals surface area contributed by atoms with E-state index in [-0.39, 0.29) is 12.2 Å². The molecule has 0 aliphatic carbocycles. The van der Waals surface area contributed by atoms with Crippen LogP contribution in [0.15, 0.2) is 29.2 Å². The van der Waals surface area contributed by atoms with E-state index in [2.05, 4.69) is 5.92 Å². The van der Waals surface area contributed by atoms with Gasteiger partial charge in [-0.15, -0.1) is 12.3 Å². The summed E-state index contributed by atoms with van der Waals surface area (Å²) in [6.45, 7) is 0. The maximum atomic E-state index is 11.7. The SMILES string of the molecule is C#CCCCCCCCCC(=O)Oc1ccccc1S(=O)(=O)O. The van der Waals surface area contributed by atoms with Crippen molar-refractivity contribution in [3.63, 3.8) is 0 Å². The normalized spacial score (nSPS) is 11.0. The molecule has 0 atom stereocenters. The molecule has 0 unspecified atom stereocenters. The Morgan fingerprint density at radius 3 is 2.35 bits per heavy atom. The van der Waals surface area contributed by atoms with Gasteiger partial charge < -0.3 is 4.74 Å². The lowest BCUT2D eigenvalue weighted by Crippen LogP contribution is -2.10. The summed E-state index contributed by atoms with van der Waals surface area (Å²) in [7, 11) is -4.41. The first-order chi connectivity index (χ1) is 10.9. The van der Waals surface area contributed by atoms with Gasteiger partial charge in [-0.3, -0.25) is 9.35 Å². The van der Waals surface area contributed by atoms with Crippen LogP contribution in [0.3, 0.4) is 0 Å². The molecule has 0 saturated carbocycles. The van der Waals surface area contributed by atoms with Crippen molar-refractivity contribution in [1.82, 2.24) is 0 Å². The third kappa shape index (κ3) is 7.82. The molecule has 23 heavy (non-hydrogen) atoms. The van der Waals surface area contributed by atoms with E-state index in [1.807, 2.05) is 0 Å². The number of unbranched alkanes of at least 4 members (excludes halogenated alkanes) is 6. The first-order valence-electron chi connectivity index (χ1n) is 7.66. The Labute approximate surface area is 137 Å². The van der Waals surface area contributed by atoms with Crippen molar-refractivity contribution in [2.24, 2.45) is 0 Å². The smallest absolute Gasteiger partial charge is 0.311 e. The quantitative estimate of drug-likeness (QED) is 0.232. The highest BCUT2D eigenvalue weighted by Gasteiger charge is 2.17. The van der Waals surface area contributed by atoms with E-state index in [1.54, 1.807) is 0 Å². The topological polar surface area (TPSA) is 80.7 Å². The zero-order chi connectivity index (χ0) is 17.1. The lowest BCUT2D eigenvalue weighted by Gasteiger charge is -2.07. The van der Waals surface area contributed by atoms with Crippen LogP contribution in [0.2, 0.25) is 0 Å². The van der Waals surface area contributed by atoms with Gasteiger partial charge in [0.2, 0.25) is 0 Å². The van der Waals surface area contributed by atoms with Crippen molar-refractivity contribution in [1.29, 1.82) is 0 Å². The summed E-state index contributed by atoms with van der Waals surface area (Å²) in [5.41, 5.74) is 0. The van der Waals surface area contributed by atoms with Crippen LogP contribution >= 0.6 is 0 Å². The van der Waals surface area contributed by atoms with E-state index < -0.39 is 21.0 Å². The van der Waals surface area contributed by atoms with E-state index in [4.69, 9.17) is 15.7 Å². The summed E-state index contributed by atoms with van der Waals surface area (Å²) in [5.74, 6) is 1.95. The third-order valence-electron chi connectivity index (χ3n) is 3.30. The molecular formula is C17H22O5S. The second-order valence-electron chi connectivity index (χ2n) is 5.22. The number of carbonyl (C=O) groups excluding carboxylic acids is 1. The molecule has 6 heteroatoms. The lowest BCUT2D eigenvalue weighted by atomic mass is 10.1. The van der Waals surface area contributed by atoms with Gasteiger partial charge in [-0.05, 0) is 25.0 Å². The van der Waals surface area contributed by atoms with Crippen molar-refractivity contribution in [2.75, 3.05) is 0 Å². The fraction of sp³-hybridized carbons (Fsp3) is 0.471. The third-order valence-corrected chi connectivity index (χ3v) is 4.20. The molecule has 1 aromatic carbocycles. The second kappa shape index (κ2) is 10.0. The molecule has 0 fully saturated rings. The molecule has 0 aromatic heterocycles. The first kappa shape index (κ1) is 19.2. The average Bonchev–Trinajstić information content (AvgIpc) is 2.49. The largest absolute Gasteiger partial charge is 0.425 e. The molecule has 0 spiro atoms. The van der Waals surface area contributed by atoms with Crippen LogP contribution in [-0.4, -0.2) is 18.9 Å². The van der Waals surface area contributed by atoms with Gasteiger partial charge >= 0.3 is 5.97 Å². The molecule has 126 valence electrons. The van der Waals surface area contributed by atoms with E-state index in [0.29, 0.717) is 6.42 Å². The maximum absolute atomic E-state index is 11.7. The monoisotopic (exact) mass is 338 g/mol. The summed E-state index contributed by atoms with van der Waals surface area (Å²) in [6, 6.07) is 5.51. The Kier molecular flexibility index (Phi) is 8.38. The predicted octanol–water partition coefficient (Wildman–Crippen LogP) is 3.59. The molecule has 0 radical (unpaired) electrons. The van der Waals surface area contributed by atoms with E-state index >= 15 is 0 Å². The highest BCUT2D eigenvalue weighted by atomic mass is 32.2. The van der Waals surface area contributed by atoms with Gasteiger partial charge in [-0.25, -0.2) is 0 Å². The minimum absolute atomic E-state index is 0.144. The maximum Gasteiger partial charge on any atom is 0.311 e. The summed E-state index contributed by atoms with van der Waals surface area (Å²) >= 11 is 0. The van der Waals surface area contributed by atoms with Gasteiger partial charge in [0.1, 0.15) is 4.90 Å². The van der Waals surface area contributed by atoms with Crippen LogP contribution in [0.25, 0.3) is 0 Å². The Morgan fingerprint density at radius 1 is 1.09 bits per heavy atom. The number of ether oxygens (including phenoxy) is 1. The number of rotatable bonds is 10. The van der Waals surface area contributed by atoms with Crippen LogP contribution in [-0.2, 0) is 14.9 Å². The van der Waals surface area contributed by atoms with Crippen molar-refractivity contribution in [2.45, 2.75) is 56.3 Å².